The summed E-state index contributed by atoms with van der Waals surface area (Å²) in [5, 5.41) is 0. The summed E-state index contributed by atoms with van der Waals surface area (Å²) in [4.78, 5) is 6.57. The van der Waals surface area contributed by atoms with Crippen LogP contribution in [0.25, 0.3) is 0 Å². The van der Waals surface area contributed by atoms with Crippen LogP contribution in [0.5, 0.6) is 0 Å². The van der Waals surface area contributed by atoms with E-state index in [1.54, 1.807) is 0 Å². The predicted octanol–water partition coefficient (Wildman–Crippen LogP) is 0.905. The van der Waals surface area contributed by atoms with Gasteiger partial charge in [0.1, 0.15) is 0 Å². The minimum atomic E-state index is 0.772. The Morgan fingerprint density at radius 1 is 1.36 bits per heavy atom. The van der Waals surface area contributed by atoms with Gasteiger partial charge in [-0.2, -0.15) is 0 Å². The fraction of sp³-hybridized carbons (Fsp3) is 0.545. The van der Waals surface area contributed by atoms with Gasteiger partial charge in [0.2, 0.25) is 0 Å². The lowest BCUT2D eigenvalue weighted by Crippen LogP contribution is -2.24. The quantitative estimate of drug-likeness (QED) is 0.730. The summed E-state index contributed by atoms with van der Waals surface area (Å²) in [5.41, 5.74) is 6.60. The average Bonchev–Trinajstić information content (AvgIpc) is 2.25. The molecule has 1 aromatic heterocycles. The number of pyridine rings is 1. The molecule has 0 aliphatic heterocycles. The Hall–Kier alpha value is -0.930. The van der Waals surface area contributed by atoms with Gasteiger partial charge in [0, 0.05) is 24.9 Å². The Balaban J connectivity index is 2.20. The first kappa shape index (κ1) is 11.1. The van der Waals surface area contributed by atoms with Gasteiger partial charge >= 0.3 is 0 Å². The molecule has 1 rings (SSSR count). The Bertz CT molecular complexity index is 236. The first-order chi connectivity index (χ1) is 6.83. The summed E-state index contributed by atoms with van der Waals surface area (Å²) in [6.45, 7) is 2.90. The number of nitrogens with two attached hydrogens (primary N) is 1. The maximum Gasteiger partial charge on any atom is 0.0416 e. The van der Waals surface area contributed by atoms with E-state index >= 15 is 0 Å². The molecule has 0 amide bonds. The van der Waals surface area contributed by atoms with E-state index in [9.17, 15) is 0 Å². The first-order valence-electron chi connectivity index (χ1n) is 5.11. The summed E-state index contributed by atoms with van der Waals surface area (Å²) >= 11 is 0. The van der Waals surface area contributed by atoms with Crippen LogP contribution in [0.3, 0.4) is 0 Å². The van der Waals surface area contributed by atoms with Crippen LogP contribution in [0.4, 0.5) is 0 Å². The highest BCUT2D eigenvalue weighted by molar-refractivity contribution is 5.03. The number of rotatable bonds is 6. The molecular weight excluding hydrogens is 174 g/mol. The molecule has 3 nitrogen and oxygen atoms in total. The van der Waals surface area contributed by atoms with Crippen LogP contribution < -0.4 is 5.73 Å². The second-order valence-corrected chi connectivity index (χ2v) is 3.52. The predicted molar refractivity (Wildman–Crippen MR) is 59.1 cm³/mol. The molecule has 0 fully saturated rings. The third-order valence-corrected chi connectivity index (χ3v) is 2.22. The van der Waals surface area contributed by atoms with E-state index in [2.05, 4.69) is 23.0 Å². The van der Waals surface area contributed by atoms with Crippen LogP contribution in [0.1, 0.15) is 12.1 Å². The molecule has 2 N–H and O–H groups in total. The summed E-state index contributed by atoms with van der Waals surface area (Å²) in [7, 11) is 2.12. The standard InChI is InChI=1S/C11H19N3/c1-14(9-4-7-12)10-6-11-5-2-3-8-13-11/h2-3,5,8H,4,6-7,9-10,12H2,1H3. The molecule has 0 saturated heterocycles. The fourth-order valence-electron chi connectivity index (χ4n) is 1.32. The highest BCUT2D eigenvalue weighted by atomic mass is 15.1. The lowest BCUT2D eigenvalue weighted by atomic mass is 10.2. The molecule has 0 aromatic carbocycles. The third kappa shape index (κ3) is 4.35. The molecule has 0 atom stereocenters. The van der Waals surface area contributed by atoms with Crippen LogP contribution in [0, 0.1) is 0 Å². The maximum atomic E-state index is 5.45. The van der Waals surface area contributed by atoms with E-state index in [1.807, 2.05) is 18.3 Å². The zero-order valence-corrected chi connectivity index (χ0v) is 8.82. The summed E-state index contributed by atoms with van der Waals surface area (Å²) in [6.07, 6.45) is 3.93. The van der Waals surface area contributed by atoms with Crippen molar-refractivity contribution in [2.75, 3.05) is 26.7 Å². The second-order valence-electron chi connectivity index (χ2n) is 3.52. The van der Waals surface area contributed by atoms with Gasteiger partial charge in [0.15, 0.2) is 0 Å². The molecule has 0 radical (unpaired) electrons. The van der Waals surface area contributed by atoms with E-state index in [0.717, 1.165) is 38.2 Å². The molecule has 0 unspecified atom stereocenters. The van der Waals surface area contributed by atoms with Crippen molar-refractivity contribution in [3.63, 3.8) is 0 Å². The maximum absolute atomic E-state index is 5.45. The van der Waals surface area contributed by atoms with Gasteiger partial charge in [-0.15, -0.1) is 0 Å². The third-order valence-electron chi connectivity index (χ3n) is 2.22. The normalized spacial score (nSPS) is 10.8. The van der Waals surface area contributed by atoms with E-state index in [1.165, 1.54) is 0 Å². The highest BCUT2D eigenvalue weighted by Gasteiger charge is 1.98. The van der Waals surface area contributed by atoms with Crippen LogP contribution in [-0.2, 0) is 6.42 Å². The Morgan fingerprint density at radius 2 is 2.21 bits per heavy atom. The highest BCUT2D eigenvalue weighted by Crippen LogP contribution is 1.96. The van der Waals surface area contributed by atoms with Gasteiger partial charge in [0.25, 0.3) is 0 Å². The molecule has 78 valence electrons. The van der Waals surface area contributed by atoms with Gasteiger partial charge in [-0.1, -0.05) is 6.07 Å². The minimum absolute atomic E-state index is 0.772. The molecule has 0 saturated carbocycles. The van der Waals surface area contributed by atoms with Crippen molar-refractivity contribution in [3.8, 4) is 0 Å². The topological polar surface area (TPSA) is 42.1 Å². The monoisotopic (exact) mass is 193 g/mol. The number of hydrogen-bond acceptors (Lipinski definition) is 3. The molecular formula is C11H19N3. The second kappa shape index (κ2) is 6.51. The number of hydrogen-bond donors (Lipinski definition) is 1. The number of nitrogens with zero attached hydrogens (tertiary/aromatic N) is 2. The first-order valence-corrected chi connectivity index (χ1v) is 5.11. The molecule has 0 aliphatic carbocycles. The van der Waals surface area contributed by atoms with E-state index in [-0.39, 0.29) is 0 Å². The van der Waals surface area contributed by atoms with Crippen molar-refractivity contribution in [1.29, 1.82) is 0 Å². The zero-order chi connectivity index (χ0) is 10.2. The molecule has 14 heavy (non-hydrogen) atoms. The van der Waals surface area contributed by atoms with Crippen LogP contribution in [0.2, 0.25) is 0 Å². The number of aromatic nitrogens is 1. The fourth-order valence-corrected chi connectivity index (χ4v) is 1.32. The van der Waals surface area contributed by atoms with Gasteiger partial charge in [-0.3, -0.25) is 4.98 Å². The van der Waals surface area contributed by atoms with E-state index in [0.29, 0.717) is 0 Å². The zero-order valence-electron chi connectivity index (χ0n) is 8.82. The van der Waals surface area contributed by atoms with E-state index in [4.69, 9.17) is 5.73 Å². The summed E-state index contributed by atoms with van der Waals surface area (Å²) in [6, 6.07) is 6.04. The Labute approximate surface area is 85.9 Å². The van der Waals surface area contributed by atoms with Crippen molar-refractivity contribution in [1.82, 2.24) is 9.88 Å². The van der Waals surface area contributed by atoms with Crippen LogP contribution >= 0.6 is 0 Å². The van der Waals surface area contributed by atoms with Crippen molar-refractivity contribution in [2.45, 2.75) is 12.8 Å². The van der Waals surface area contributed by atoms with Gasteiger partial charge in [-0.05, 0) is 38.7 Å². The van der Waals surface area contributed by atoms with Crippen LogP contribution in [-0.4, -0.2) is 36.6 Å². The molecule has 0 spiro atoms. The lowest BCUT2D eigenvalue weighted by Gasteiger charge is -2.15. The van der Waals surface area contributed by atoms with E-state index < -0.39 is 0 Å². The van der Waals surface area contributed by atoms with Gasteiger partial charge in [0.05, 0.1) is 0 Å². The number of likely N-dealkylation sites (N-methyl/N-ethyl adjacent to an activating group) is 1. The van der Waals surface area contributed by atoms with Crippen molar-refractivity contribution < 1.29 is 0 Å². The molecule has 0 aliphatic rings. The molecule has 1 heterocycles. The summed E-state index contributed by atoms with van der Waals surface area (Å²) < 4.78 is 0. The van der Waals surface area contributed by atoms with Gasteiger partial charge < -0.3 is 10.6 Å². The smallest absolute Gasteiger partial charge is 0.0416 e. The van der Waals surface area contributed by atoms with Crippen LogP contribution in [0.15, 0.2) is 24.4 Å². The van der Waals surface area contributed by atoms with Crippen molar-refractivity contribution in [2.24, 2.45) is 5.73 Å². The molecule has 1 aromatic rings. The lowest BCUT2D eigenvalue weighted by molar-refractivity contribution is 0.334. The SMILES string of the molecule is CN(CCCN)CCc1ccccn1. The molecule has 0 bridgehead atoms. The largest absolute Gasteiger partial charge is 0.330 e. The Kier molecular flexibility index (Phi) is 5.19. The van der Waals surface area contributed by atoms with Crippen molar-refractivity contribution >= 4 is 0 Å². The molecule has 3 heteroatoms. The Morgan fingerprint density at radius 3 is 2.86 bits per heavy atom. The van der Waals surface area contributed by atoms with Crippen molar-refractivity contribution in [3.05, 3.63) is 30.1 Å². The minimum Gasteiger partial charge on any atom is -0.330 e. The average molecular weight is 193 g/mol. The summed E-state index contributed by atoms with van der Waals surface area (Å²) in [5.74, 6) is 0. The van der Waals surface area contributed by atoms with Gasteiger partial charge in [-0.25, -0.2) is 0 Å².